The van der Waals surface area contributed by atoms with E-state index in [1.165, 1.54) is 0 Å². The molecule has 2 aliphatic rings. The van der Waals surface area contributed by atoms with Crippen molar-refractivity contribution >= 4 is 15.7 Å². The van der Waals surface area contributed by atoms with Gasteiger partial charge in [0.15, 0.2) is 11.5 Å². The van der Waals surface area contributed by atoms with E-state index in [1.54, 1.807) is 15.0 Å². The van der Waals surface area contributed by atoms with Crippen LogP contribution in [0.4, 0.5) is 0 Å². The lowest BCUT2D eigenvalue weighted by Crippen LogP contribution is -2.49. The van der Waals surface area contributed by atoms with E-state index in [1.807, 2.05) is 19.9 Å². The maximum Gasteiger partial charge on any atom is 0.263 e. The Hall–Kier alpha value is -2.37. The summed E-state index contributed by atoms with van der Waals surface area (Å²) in [6, 6.07) is 1.96. The first-order valence-corrected chi connectivity index (χ1v) is 11.3. The first kappa shape index (κ1) is 18.6. The van der Waals surface area contributed by atoms with Gasteiger partial charge in [0.05, 0.1) is 18.0 Å². The molecule has 1 saturated carbocycles. The first-order valence-electron chi connectivity index (χ1n) is 9.78. The summed E-state index contributed by atoms with van der Waals surface area (Å²) < 4.78 is 33.6. The third-order valence-electron chi connectivity index (χ3n) is 5.48. The fraction of sp³-hybridized carbons (Fsp3) is 0.556. The molecule has 1 saturated heterocycles. The van der Waals surface area contributed by atoms with E-state index in [9.17, 15) is 8.42 Å². The molecule has 0 aromatic carbocycles. The highest BCUT2D eigenvalue weighted by Crippen LogP contribution is 2.31. The van der Waals surface area contributed by atoms with Crippen LogP contribution in [0.25, 0.3) is 17.1 Å². The van der Waals surface area contributed by atoms with Crippen molar-refractivity contribution in [2.45, 2.75) is 38.5 Å². The summed E-state index contributed by atoms with van der Waals surface area (Å²) in [5.74, 6) is 0.963. The average molecular weight is 417 g/mol. The van der Waals surface area contributed by atoms with Gasteiger partial charge in [-0.3, -0.25) is 4.90 Å². The Morgan fingerprint density at radius 1 is 1.14 bits per heavy atom. The molecule has 154 valence electrons. The van der Waals surface area contributed by atoms with Gasteiger partial charge in [0.25, 0.3) is 5.89 Å². The lowest BCUT2D eigenvalue weighted by Gasteiger charge is -2.33. The standard InChI is InChI=1S/C18H23N7O3S/c1-12-9-13(2)25-17(20-12)15(10-19-25)18-21-16(22-28-18)11-23-5-7-24(8-6-23)29(26,27)14-3-4-14/h9-10,14H,3-8,11H2,1-2H3. The number of piperazine rings is 1. The van der Waals surface area contributed by atoms with Crippen LogP contribution in [0.15, 0.2) is 16.8 Å². The monoisotopic (exact) mass is 417 g/mol. The largest absolute Gasteiger partial charge is 0.334 e. The highest BCUT2D eigenvalue weighted by molar-refractivity contribution is 7.90. The second-order valence-corrected chi connectivity index (χ2v) is 9.98. The van der Waals surface area contributed by atoms with Crippen molar-refractivity contribution in [1.29, 1.82) is 0 Å². The molecule has 0 N–H and O–H groups in total. The van der Waals surface area contributed by atoms with Crippen molar-refractivity contribution in [2.24, 2.45) is 0 Å². The van der Waals surface area contributed by atoms with Crippen molar-refractivity contribution < 1.29 is 12.9 Å². The molecule has 4 heterocycles. The molecule has 0 spiro atoms. The Balaban J connectivity index is 1.28. The van der Waals surface area contributed by atoms with Crippen LogP contribution in [0.3, 0.4) is 0 Å². The zero-order valence-electron chi connectivity index (χ0n) is 16.4. The lowest BCUT2D eigenvalue weighted by molar-refractivity contribution is 0.176. The highest BCUT2D eigenvalue weighted by Gasteiger charge is 2.41. The molecule has 0 amide bonds. The molecule has 0 atom stereocenters. The predicted octanol–water partition coefficient (Wildman–Crippen LogP) is 1.01. The second-order valence-electron chi connectivity index (χ2n) is 7.77. The van der Waals surface area contributed by atoms with Crippen LogP contribution >= 0.6 is 0 Å². The maximum atomic E-state index is 12.4. The molecule has 5 rings (SSSR count). The smallest absolute Gasteiger partial charge is 0.263 e. The minimum absolute atomic E-state index is 0.152. The molecule has 11 heteroatoms. The van der Waals surface area contributed by atoms with Gasteiger partial charge in [0, 0.05) is 37.6 Å². The first-order chi connectivity index (χ1) is 13.9. The van der Waals surface area contributed by atoms with Gasteiger partial charge in [0.1, 0.15) is 5.56 Å². The number of hydrogen-bond acceptors (Lipinski definition) is 8. The third-order valence-corrected chi connectivity index (χ3v) is 7.88. The number of aryl methyl sites for hydroxylation is 2. The Bertz CT molecular complexity index is 1160. The van der Waals surface area contributed by atoms with E-state index in [-0.39, 0.29) is 5.25 Å². The van der Waals surface area contributed by atoms with E-state index in [4.69, 9.17) is 4.52 Å². The number of sulfonamides is 1. The number of nitrogens with zero attached hydrogens (tertiary/aromatic N) is 7. The molecule has 29 heavy (non-hydrogen) atoms. The Labute approximate surface area is 168 Å². The summed E-state index contributed by atoms with van der Waals surface area (Å²) in [6.07, 6.45) is 3.28. The number of rotatable bonds is 5. The molecule has 1 aliphatic carbocycles. The van der Waals surface area contributed by atoms with E-state index in [0.717, 1.165) is 24.2 Å². The Morgan fingerprint density at radius 3 is 2.62 bits per heavy atom. The zero-order chi connectivity index (χ0) is 20.2. The molecule has 10 nitrogen and oxygen atoms in total. The zero-order valence-corrected chi connectivity index (χ0v) is 17.3. The summed E-state index contributed by atoms with van der Waals surface area (Å²) in [5.41, 5.74) is 3.28. The van der Waals surface area contributed by atoms with Gasteiger partial charge >= 0.3 is 0 Å². The lowest BCUT2D eigenvalue weighted by atomic mass is 10.3. The van der Waals surface area contributed by atoms with Gasteiger partial charge < -0.3 is 4.52 Å². The van der Waals surface area contributed by atoms with Crippen molar-refractivity contribution in [3.8, 4) is 11.5 Å². The summed E-state index contributed by atoms with van der Waals surface area (Å²) in [5, 5.41) is 8.31. The van der Waals surface area contributed by atoms with Gasteiger partial charge in [-0.1, -0.05) is 5.16 Å². The van der Waals surface area contributed by atoms with Crippen molar-refractivity contribution in [3.05, 3.63) is 29.5 Å². The molecule has 2 fully saturated rings. The fourth-order valence-corrected chi connectivity index (χ4v) is 5.59. The molecular formula is C18H23N7O3S. The Morgan fingerprint density at radius 2 is 1.90 bits per heavy atom. The second kappa shape index (κ2) is 6.85. The van der Waals surface area contributed by atoms with Crippen molar-refractivity contribution in [3.63, 3.8) is 0 Å². The summed E-state index contributed by atoms with van der Waals surface area (Å²) in [4.78, 5) is 11.2. The van der Waals surface area contributed by atoms with Crippen LogP contribution < -0.4 is 0 Å². The SMILES string of the molecule is Cc1cc(C)n2ncc(-c3nc(CN4CCN(S(=O)(=O)C5CC5)CC4)no3)c2n1. The van der Waals surface area contributed by atoms with Crippen molar-refractivity contribution in [1.82, 2.24) is 33.9 Å². The van der Waals surface area contributed by atoms with Crippen LogP contribution in [0.5, 0.6) is 0 Å². The van der Waals surface area contributed by atoms with Gasteiger partial charge in [-0.15, -0.1) is 0 Å². The molecule has 0 radical (unpaired) electrons. The van der Waals surface area contributed by atoms with Crippen LogP contribution in [-0.2, 0) is 16.6 Å². The average Bonchev–Trinajstić information content (AvgIpc) is 3.32. The predicted molar refractivity (Wildman–Crippen MR) is 105 cm³/mol. The normalized spacial score (nSPS) is 19.2. The van der Waals surface area contributed by atoms with Gasteiger partial charge in [-0.05, 0) is 32.8 Å². The highest BCUT2D eigenvalue weighted by atomic mass is 32.2. The van der Waals surface area contributed by atoms with E-state index in [2.05, 4.69) is 25.1 Å². The van der Waals surface area contributed by atoms with Crippen LogP contribution in [0.1, 0.15) is 30.1 Å². The van der Waals surface area contributed by atoms with Crippen molar-refractivity contribution in [2.75, 3.05) is 26.2 Å². The Kier molecular flexibility index (Phi) is 4.41. The number of hydrogen-bond donors (Lipinski definition) is 0. The summed E-state index contributed by atoms with van der Waals surface area (Å²) in [7, 11) is -3.10. The third kappa shape index (κ3) is 3.43. The quantitative estimate of drug-likeness (QED) is 0.605. The summed E-state index contributed by atoms with van der Waals surface area (Å²) >= 11 is 0. The molecule has 1 aliphatic heterocycles. The van der Waals surface area contributed by atoms with Crippen LogP contribution in [0.2, 0.25) is 0 Å². The molecule has 0 unspecified atom stereocenters. The summed E-state index contributed by atoms with van der Waals surface area (Å²) in [6.45, 7) is 6.78. The number of aromatic nitrogens is 5. The minimum atomic E-state index is -3.10. The van der Waals surface area contributed by atoms with Crippen LogP contribution in [-0.4, -0.2) is 73.8 Å². The molecule has 0 bridgehead atoms. The molecular weight excluding hydrogens is 394 g/mol. The van der Waals surface area contributed by atoms with E-state index >= 15 is 0 Å². The van der Waals surface area contributed by atoms with E-state index < -0.39 is 10.0 Å². The van der Waals surface area contributed by atoms with Crippen LogP contribution in [0, 0.1) is 13.8 Å². The maximum absolute atomic E-state index is 12.4. The van der Waals surface area contributed by atoms with Gasteiger partial charge in [-0.25, -0.2) is 17.9 Å². The minimum Gasteiger partial charge on any atom is -0.334 e. The number of fused-ring (bicyclic) bond motifs is 1. The van der Waals surface area contributed by atoms with E-state index in [0.29, 0.717) is 55.6 Å². The fourth-order valence-electron chi connectivity index (χ4n) is 3.77. The molecule has 3 aromatic heterocycles. The van der Waals surface area contributed by atoms with Gasteiger partial charge in [-0.2, -0.15) is 14.4 Å². The van der Waals surface area contributed by atoms with Gasteiger partial charge in [0.2, 0.25) is 10.0 Å². The molecule has 3 aromatic rings. The topological polar surface area (TPSA) is 110 Å².